The van der Waals surface area contributed by atoms with Crippen molar-refractivity contribution in [3.63, 3.8) is 0 Å². The molecule has 2 aromatic carbocycles. The lowest BCUT2D eigenvalue weighted by molar-refractivity contribution is -0.122. The van der Waals surface area contributed by atoms with E-state index in [2.05, 4.69) is 40.4 Å². The highest BCUT2D eigenvalue weighted by atomic mass is 16.2. The van der Waals surface area contributed by atoms with Gasteiger partial charge in [-0.05, 0) is 24.0 Å². The minimum Gasteiger partial charge on any atom is -0.354 e. The van der Waals surface area contributed by atoms with E-state index in [1.54, 1.807) is 0 Å². The van der Waals surface area contributed by atoms with Crippen LogP contribution >= 0.6 is 0 Å². The number of rotatable bonds is 5. The van der Waals surface area contributed by atoms with Gasteiger partial charge in [0.25, 0.3) is 0 Å². The molecule has 1 saturated heterocycles. The molecular formula is C18H21N3O. The van der Waals surface area contributed by atoms with Crippen LogP contribution in [0.5, 0.6) is 0 Å². The third kappa shape index (κ3) is 3.72. The Labute approximate surface area is 130 Å². The Balaban J connectivity index is 1.46. The Kier molecular flexibility index (Phi) is 4.83. The summed E-state index contributed by atoms with van der Waals surface area (Å²) in [6.07, 6.45) is 1.62. The van der Waals surface area contributed by atoms with Gasteiger partial charge in [-0.1, -0.05) is 60.7 Å². The van der Waals surface area contributed by atoms with E-state index in [0.29, 0.717) is 6.54 Å². The summed E-state index contributed by atoms with van der Waals surface area (Å²) < 4.78 is 0. The molecule has 4 nitrogen and oxygen atoms in total. The average molecular weight is 295 g/mol. The predicted molar refractivity (Wildman–Crippen MR) is 87.0 cm³/mol. The summed E-state index contributed by atoms with van der Waals surface area (Å²) in [6, 6.07) is 20.4. The van der Waals surface area contributed by atoms with E-state index in [9.17, 15) is 4.79 Å². The van der Waals surface area contributed by atoms with Crippen molar-refractivity contribution >= 4 is 5.91 Å². The van der Waals surface area contributed by atoms with Gasteiger partial charge in [0.15, 0.2) is 0 Å². The molecule has 22 heavy (non-hydrogen) atoms. The normalized spacial score (nSPS) is 20.7. The highest BCUT2D eigenvalue weighted by Crippen LogP contribution is 2.21. The van der Waals surface area contributed by atoms with Crippen molar-refractivity contribution in [1.29, 1.82) is 0 Å². The van der Waals surface area contributed by atoms with E-state index >= 15 is 0 Å². The summed E-state index contributed by atoms with van der Waals surface area (Å²) in [4.78, 5) is 12.2. The topological polar surface area (TPSA) is 53.2 Å². The number of hydrogen-bond acceptors (Lipinski definition) is 3. The van der Waals surface area contributed by atoms with Gasteiger partial charge in [-0.2, -0.15) is 0 Å². The Morgan fingerprint density at radius 2 is 1.68 bits per heavy atom. The lowest BCUT2D eigenvalue weighted by atomic mass is 10.0. The number of nitrogens with one attached hydrogen (secondary N) is 3. The van der Waals surface area contributed by atoms with Gasteiger partial charge in [0, 0.05) is 12.6 Å². The molecule has 4 heteroatoms. The van der Waals surface area contributed by atoms with E-state index in [-0.39, 0.29) is 18.0 Å². The second-order valence-electron chi connectivity index (χ2n) is 5.57. The zero-order valence-corrected chi connectivity index (χ0v) is 12.5. The number of carbonyl (C=O) groups excluding carboxylic acids is 1. The molecule has 1 heterocycles. The van der Waals surface area contributed by atoms with Gasteiger partial charge in [0.05, 0.1) is 0 Å². The van der Waals surface area contributed by atoms with Crippen LogP contribution in [0.1, 0.15) is 23.6 Å². The molecule has 2 unspecified atom stereocenters. The van der Waals surface area contributed by atoms with Crippen LogP contribution in [0.25, 0.3) is 0 Å². The fourth-order valence-corrected chi connectivity index (χ4v) is 2.73. The minimum absolute atomic E-state index is 0.0573. The number of benzene rings is 2. The van der Waals surface area contributed by atoms with Gasteiger partial charge in [-0.3, -0.25) is 4.79 Å². The lowest BCUT2D eigenvalue weighted by Crippen LogP contribution is -2.43. The second kappa shape index (κ2) is 7.20. The van der Waals surface area contributed by atoms with Gasteiger partial charge in [0.2, 0.25) is 5.91 Å². The Morgan fingerprint density at radius 1 is 1.00 bits per heavy atom. The Bertz CT molecular complexity index is 600. The molecule has 1 amide bonds. The van der Waals surface area contributed by atoms with Crippen LogP contribution in [0.3, 0.4) is 0 Å². The molecule has 1 aliphatic rings. The minimum atomic E-state index is -0.180. The zero-order chi connectivity index (χ0) is 15.2. The van der Waals surface area contributed by atoms with Crippen molar-refractivity contribution < 1.29 is 4.79 Å². The molecule has 114 valence electrons. The maximum atomic E-state index is 12.2. The monoisotopic (exact) mass is 295 g/mol. The highest BCUT2D eigenvalue weighted by Gasteiger charge is 2.29. The number of hydrazine groups is 1. The molecule has 0 spiro atoms. The van der Waals surface area contributed by atoms with Gasteiger partial charge < -0.3 is 5.32 Å². The zero-order valence-electron chi connectivity index (χ0n) is 12.5. The summed E-state index contributed by atoms with van der Waals surface area (Å²) in [5, 5.41) is 3.00. The average Bonchev–Trinajstić information content (AvgIpc) is 3.07. The van der Waals surface area contributed by atoms with E-state index < -0.39 is 0 Å². The van der Waals surface area contributed by atoms with Crippen LogP contribution in [-0.4, -0.2) is 18.5 Å². The van der Waals surface area contributed by atoms with E-state index in [4.69, 9.17) is 0 Å². The first-order valence-corrected chi connectivity index (χ1v) is 7.70. The van der Waals surface area contributed by atoms with Crippen LogP contribution in [0, 0.1) is 0 Å². The molecular weight excluding hydrogens is 274 g/mol. The molecule has 0 saturated carbocycles. The molecule has 2 aromatic rings. The van der Waals surface area contributed by atoms with Gasteiger partial charge in [-0.25, -0.2) is 10.9 Å². The van der Waals surface area contributed by atoms with Crippen molar-refractivity contribution in [3.05, 3.63) is 71.8 Å². The van der Waals surface area contributed by atoms with Crippen LogP contribution in [0.2, 0.25) is 0 Å². The van der Waals surface area contributed by atoms with Crippen molar-refractivity contribution in [2.24, 2.45) is 0 Å². The fourth-order valence-electron chi connectivity index (χ4n) is 2.73. The van der Waals surface area contributed by atoms with Crippen LogP contribution in [0.4, 0.5) is 0 Å². The first-order valence-electron chi connectivity index (χ1n) is 7.70. The van der Waals surface area contributed by atoms with Crippen molar-refractivity contribution in [3.8, 4) is 0 Å². The first-order chi connectivity index (χ1) is 10.8. The summed E-state index contributed by atoms with van der Waals surface area (Å²) in [5.41, 5.74) is 8.73. The summed E-state index contributed by atoms with van der Waals surface area (Å²) in [7, 11) is 0. The third-order valence-corrected chi connectivity index (χ3v) is 3.98. The maximum Gasteiger partial charge on any atom is 0.238 e. The van der Waals surface area contributed by atoms with E-state index in [1.165, 1.54) is 11.1 Å². The lowest BCUT2D eigenvalue weighted by Gasteiger charge is -2.10. The van der Waals surface area contributed by atoms with Gasteiger partial charge >= 0.3 is 0 Å². The highest BCUT2D eigenvalue weighted by molar-refractivity contribution is 5.82. The Morgan fingerprint density at radius 3 is 2.41 bits per heavy atom. The maximum absolute atomic E-state index is 12.2. The van der Waals surface area contributed by atoms with Gasteiger partial charge in [-0.15, -0.1) is 0 Å². The van der Waals surface area contributed by atoms with Crippen molar-refractivity contribution in [1.82, 2.24) is 16.2 Å². The van der Waals surface area contributed by atoms with E-state index in [0.717, 1.165) is 12.8 Å². The summed E-state index contributed by atoms with van der Waals surface area (Å²) >= 11 is 0. The first kappa shape index (κ1) is 14.8. The molecule has 0 radical (unpaired) electrons. The fraction of sp³-hybridized carbons (Fsp3) is 0.278. The number of carbonyl (C=O) groups is 1. The molecule has 1 fully saturated rings. The predicted octanol–water partition coefficient (Wildman–Crippen LogP) is 1.95. The molecule has 3 rings (SSSR count). The molecule has 0 aromatic heterocycles. The molecule has 0 bridgehead atoms. The van der Waals surface area contributed by atoms with E-state index in [1.807, 2.05) is 36.4 Å². The van der Waals surface area contributed by atoms with Gasteiger partial charge in [0.1, 0.15) is 6.04 Å². The SMILES string of the molecule is O=C(NCCc1ccccc1)C1CC(c2ccccc2)NN1. The quantitative estimate of drug-likeness (QED) is 0.790. The molecule has 3 N–H and O–H groups in total. The third-order valence-electron chi connectivity index (χ3n) is 3.98. The van der Waals surface area contributed by atoms with Crippen molar-refractivity contribution in [2.45, 2.75) is 24.9 Å². The van der Waals surface area contributed by atoms with Crippen LogP contribution in [-0.2, 0) is 11.2 Å². The molecule has 0 aliphatic carbocycles. The second-order valence-corrected chi connectivity index (χ2v) is 5.57. The molecule has 2 atom stereocenters. The van der Waals surface area contributed by atoms with Crippen molar-refractivity contribution in [2.75, 3.05) is 6.54 Å². The number of hydrogen-bond donors (Lipinski definition) is 3. The standard InChI is InChI=1S/C18H21N3O/c22-18(19-12-11-14-7-3-1-4-8-14)17-13-16(20-21-17)15-9-5-2-6-10-15/h1-10,16-17,20-21H,11-13H2,(H,19,22). The van der Waals surface area contributed by atoms with Crippen LogP contribution < -0.4 is 16.2 Å². The summed E-state index contributed by atoms with van der Waals surface area (Å²) in [6.45, 7) is 0.664. The largest absolute Gasteiger partial charge is 0.354 e. The smallest absolute Gasteiger partial charge is 0.238 e. The van der Waals surface area contributed by atoms with Crippen LogP contribution in [0.15, 0.2) is 60.7 Å². The molecule has 1 aliphatic heterocycles. The summed E-state index contributed by atoms with van der Waals surface area (Å²) in [5.74, 6) is 0.0573. The Hall–Kier alpha value is -2.17. The number of amides is 1.